The zero-order chi connectivity index (χ0) is 17.2. The number of imidazole rings is 1. The molecule has 1 aliphatic carbocycles. The lowest BCUT2D eigenvalue weighted by Gasteiger charge is -2.06. The van der Waals surface area contributed by atoms with Gasteiger partial charge in [-0.15, -0.1) is 0 Å². The monoisotopic (exact) mass is 333 g/mol. The molecule has 0 bridgehead atoms. The summed E-state index contributed by atoms with van der Waals surface area (Å²) in [7, 11) is 2.08. The van der Waals surface area contributed by atoms with Gasteiger partial charge in [-0.05, 0) is 42.5 Å². The van der Waals surface area contributed by atoms with Gasteiger partial charge in [0.2, 0.25) is 5.91 Å². The van der Waals surface area contributed by atoms with E-state index in [0.717, 1.165) is 23.0 Å². The molecule has 1 aliphatic rings. The molecule has 0 unspecified atom stereocenters. The second kappa shape index (κ2) is 6.71. The van der Waals surface area contributed by atoms with Crippen LogP contribution in [0.5, 0.6) is 0 Å². The molecule has 1 aromatic heterocycles. The summed E-state index contributed by atoms with van der Waals surface area (Å²) in [4.78, 5) is 17.0. The Labute approximate surface area is 147 Å². The van der Waals surface area contributed by atoms with Crippen LogP contribution in [0.4, 0.5) is 0 Å². The Hall–Kier alpha value is -2.62. The molecule has 128 valence electrons. The maximum atomic E-state index is 12.2. The van der Waals surface area contributed by atoms with Crippen molar-refractivity contribution in [2.75, 3.05) is 6.54 Å². The molecule has 1 heterocycles. The average molecular weight is 333 g/mol. The Morgan fingerprint density at radius 3 is 2.72 bits per heavy atom. The molecule has 3 aromatic rings. The molecule has 4 heteroatoms. The first-order valence-electron chi connectivity index (χ1n) is 8.96. The number of aromatic nitrogens is 2. The summed E-state index contributed by atoms with van der Waals surface area (Å²) >= 11 is 0. The summed E-state index contributed by atoms with van der Waals surface area (Å²) in [6.07, 6.45) is 3.75. The largest absolute Gasteiger partial charge is 0.355 e. The van der Waals surface area contributed by atoms with Crippen molar-refractivity contribution in [3.05, 3.63) is 65.5 Å². The van der Waals surface area contributed by atoms with E-state index in [1.54, 1.807) is 0 Å². The Morgan fingerprint density at radius 1 is 1.16 bits per heavy atom. The molecule has 4 nitrogen and oxygen atoms in total. The highest BCUT2D eigenvalue weighted by atomic mass is 16.1. The van der Waals surface area contributed by atoms with Crippen LogP contribution in [0.25, 0.3) is 11.0 Å². The van der Waals surface area contributed by atoms with Crippen molar-refractivity contribution in [2.45, 2.75) is 31.6 Å². The van der Waals surface area contributed by atoms with E-state index >= 15 is 0 Å². The number of hydrogen-bond donors (Lipinski definition) is 1. The second-order valence-electron chi connectivity index (χ2n) is 6.89. The number of fused-ring (bicyclic) bond motifs is 1. The van der Waals surface area contributed by atoms with Crippen molar-refractivity contribution in [1.82, 2.24) is 14.9 Å². The molecule has 0 spiro atoms. The van der Waals surface area contributed by atoms with E-state index in [1.807, 2.05) is 24.3 Å². The fraction of sp³-hybridized carbons (Fsp3) is 0.333. The SMILES string of the molecule is Cn1c(C2CC2)nc2cc(CC(=O)NCCc3ccccc3)ccc21. The van der Waals surface area contributed by atoms with E-state index in [1.165, 1.54) is 24.2 Å². The van der Waals surface area contributed by atoms with Crippen LogP contribution in [0.2, 0.25) is 0 Å². The van der Waals surface area contributed by atoms with E-state index in [2.05, 4.69) is 41.2 Å². The molecule has 0 aliphatic heterocycles. The Bertz CT molecular complexity index is 894. The molecular formula is C21H23N3O. The van der Waals surface area contributed by atoms with Gasteiger partial charge in [-0.3, -0.25) is 4.79 Å². The fourth-order valence-corrected chi connectivity index (χ4v) is 3.32. The van der Waals surface area contributed by atoms with Crippen LogP contribution < -0.4 is 5.32 Å². The number of rotatable bonds is 6. The fourth-order valence-electron chi connectivity index (χ4n) is 3.32. The van der Waals surface area contributed by atoms with Crippen molar-refractivity contribution < 1.29 is 4.79 Å². The molecule has 1 saturated carbocycles. The first-order chi connectivity index (χ1) is 12.2. The first-order valence-corrected chi connectivity index (χ1v) is 8.96. The molecule has 2 aromatic carbocycles. The second-order valence-corrected chi connectivity index (χ2v) is 6.89. The predicted octanol–water partition coefficient (Wildman–Crippen LogP) is 3.35. The van der Waals surface area contributed by atoms with Crippen LogP contribution >= 0.6 is 0 Å². The Morgan fingerprint density at radius 2 is 1.96 bits per heavy atom. The van der Waals surface area contributed by atoms with Crippen LogP contribution in [-0.2, 0) is 24.7 Å². The van der Waals surface area contributed by atoms with Crippen molar-refractivity contribution in [3.8, 4) is 0 Å². The molecule has 25 heavy (non-hydrogen) atoms. The van der Waals surface area contributed by atoms with E-state index < -0.39 is 0 Å². The highest BCUT2D eigenvalue weighted by Crippen LogP contribution is 2.40. The van der Waals surface area contributed by atoms with E-state index in [4.69, 9.17) is 4.98 Å². The molecule has 4 rings (SSSR count). The van der Waals surface area contributed by atoms with Gasteiger partial charge in [-0.2, -0.15) is 0 Å². The number of carbonyl (C=O) groups excluding carboxylic acids is 1. The van der Waals surface area contributed by atoms with Gasteiger partial charge in [0.05, 0.1) is 17.5 Å². The third kappa shape index (κ3) is 3.58. The summed E-state index contributed by atoms with van der Waals surface area (Å²) in [5.74, 6) is 1.87. The average Bonchev–Trinajstić information content (AvgIpc) is 3.40. The van der Waals surface area contributed by atoms with Gasteiger partial charge in [0.25, 0.3) is 0 Å². The van der Waals surface area contributed by atoms with Gasteiger partial charge in [0.15, 0.2) is 0 Å². The summed E-state index contributed by atoms with van der Waals surface area (Å²) < 4.78 is 2.19. The van der Waals surface area contributed by atoms with Gasteiger partial charge in [0, 0.05) is 19.5 Å². The topological polar surface area (TPSA) is 46.9 Å². The Balaban J connectivity index is 1.37. The van der Waals surface area contributed by atoms with Gasteiger partial charge >= 0.3 is 0 Å². The third-order valence-electron chi connectivity index (χ3n) is 4.87. The van der Waals surface area contributed by atoms with Crippen LogP contribution in [0.1, 0.15) is 35.7 Å². The normalized spacial score (nSPS) is 14.0. The predicted molar refractivity (Wildman–Crippen MR) is 99.5 cm³/mol. The van der Waals surface area contributed by atoms with Gasteiger partial charge < -0.3 is 9.88 Å². The molecule has 1 fully saturated rings. The molecule has 0 radical (unpaired) electrons. The minimum absolute atomic E-state index is 0.0635. The number of carbonyl (C=O) groups is 1. The van der Waals surface area contributed by atoms with E-state index in [9.17, 15) is 4.79 Å². The number of benzene rings is 2. The van der Waals surface area contributed by atoms with Gasteiger partial charge in [-0.25, -0.2) is 4.98 Å². The lowest BCUT2D eigenvalue weighted by molar-refractivity contribution is -0.120. The zero-order valence-electron chi connectivity index (χ0n) is 14.5. The number of amides is 1. The van der Waals surface area contributed by atoms with Crippen LogP contribution in [0.15, 0.2) is 48.5 Å². The number of hydrogen-bond acceptors (Lipinski definition) is 2. The van der Waals surface area contributed by atoms with Crippen molar-refractivity contribution in [3.63, 3.8) is 0 Å². The molecule has 0 saturated heterocycles. The van der Waals surface area contributed by atoms with Gasteiger partial charge in [-0.1, -0.05) is 36.4 Å². The molecule has 1 N–H and O–H groups in total. The summed E-state index contributed by atoms with van der Waals surface area (Å²) in [6.45, 7) is 0.667. The number of nitrogens with zero attached hydrogens (tertiary/aromatic N) is 2. The smallest absolute Gasteiger partial charge is 0.224 e. The summed E-state index contributed by atoms with van der Waals surface area (Å²) in [5.41, 5.74) is 4.41. The molecular weight excluding hydrogens is 310 g/mol. The number of aryl methyl sites for hydroxylation is 1. The van der Waals surface area contributed by atoms with Crippen LogP contribution in [-0.4, -0.2) is 22.0 Å². The van der Waals surface area contributed by atoms with E-state index in [-0.39, 0.29) is 5.91 Å². The van der Waals surface area contributed by atoms with Crippen molar-refractivity contribution in [2.24, 2.45) is 7.05 Å². The lowest BCUT2D eigenvalue weighted by atomic mass is 10.1. The van der Waals surface area contributed by atoms with Gasteiger partial charge in [0.1, 0.15) is 5.82 Å². The maximum Gasteiger partial charge on any atom is 0.224 e. The Kier molecular flexibility index (Phi) is 4.26. The third-order valence-corrected chi connectivity index (χ3v) is 4.87. The molecule has 0 atom stereocenters. The zero-order valence-corrected chi connectivity index (χ0v) is 14.5. The highest BCUT2D eigenvalue weighted by molar-refractivity contribution is 5.82. The number of nitrogens with one attached hydrogen (secondary N) is 1. The summed E-state index contributed by atoms with van der Waals surface area (Å²) in [6, 6.07) is 16.4. The van der Waals surface area contributed by atoms with Crippen LogP contribution in [0.3, 0.4) is 0 Å². The van der Waals surface area contributed by atoms with Crippen LogP contribution in [0, 0.1) is 0 Å². The lowest BCUT2D eigenvalue weighted by Crippen LogP contribution is -2.27. The van der Waals surface area contributed by atoms with Crippen molar-refractivity contribution >= 4 is 16.9 Å². The quantitative estimate of drug-likeness (QED) is 0.752. The minimum Gasteiger partial charge on any atom is -0.355 e. The summed E-state index contributed by atoms with van der Waals surface area (Å²) in [5, 5.41) is 3.01. The standard InChI is InChI=1S/C21H23N3O/c1-24-19-10-7-16(13-18(19)23-21(24)17-8-9-17)14-20(25)22-12-11-15-5-3-2-4-6-15/h2-7,10,13,17H,8-9,11-12,14H2,1H3,(H,22,25). The first kappa shape index (κ1) is 15.9. The minimum atomic E-state index is 0.0635. The van der Waals surface area contributed by atoms with E-state index in [0.29, 0.717) is 18.9 Å². The molecule has 1 amide bonds. The maximum absolute atomic E-state index is 12.2. The van der Waals surface area contributed by atoms with Crippen molar-refractivity contribution in [1.29, 1.82) is 0 Å². The highest BCUT2D eigenvalue weighted by Gasteiger charge is 2.28.